The topological polar surface area (TPSA) is 35.2 Å². The lowest BCUT2D eigenvalue weighted by molar-refractivity contribution is 0.297. The number of benzene rings is 2. The summed E-state index contributed by atoms with van der Waals surface area (Å²) in [5, 5.41) is 0. The fourth-order valence-corrected chi connectivity index (χ4v) is 3.43. The van der Waals surface area contributed by atoms with Crippen molar-refractivity contribution in [1.29, 1.82) is 0 Å². The van der Waals surface area contributed by atoms with Gasteiger partial charge in [-0.3, -0.25) is 0 Å². The van der Waals surface area contributed by atoms with E-state index in [0.29, 0.717) is 0 Å². The Balaban J connectivity index is 1.37. The number of imidazole rings is 1. The zero-order valence-corrected chi connectivity index (χ0v) is 14.0. The molecule has 0 amide bonds. The molecule has 0 bridgehead atoms. The van der Waals surface area contributed by atoms with Crippen LogP contribution < -0.4 is 4.90 Å². The van der Waals surface area contributed by atoms with Crippen LogP contribution in [0.1, 0.15) is 12.0 Å². The van der Waals surface area contributed by atoms with Crippen molar-refractivity contribution in [2.75, 3.05) is 37.6 Å². The number of nitrogens with one attached hydrogen (secondary N) is 1. The summed E-state index contributed by atoms with van der Waals surface area (Å²) >= 11 is 0. The average molecular weight is 320 g/mol. The zero-order valence-electron chi connectivity index (χ0n) is 14.0. The van der Waals surface area contributed by atoms with E-state index in [9.17, 15) is 0 Å². The van der Waals surface area contributed by atoms with Crippen molar-refractivity contribution in [3.05, 3.63) is 60.2 Å². The van der Waals surface area contributed by atoms with Gasteiger partial charge < -0.3 is 14.8 Å². The third-order valence-corrected chi connectivity index (χ3v) is 4.82. The summed E-state index contributed by atoms with van der Waals surface area (Å²) in [7, 11) is 0. The lowest BCUT2D eigenvalue weighted by Gasteiger charge is -2.21. The van der Waals surface area contributed by atoms with Crippen molar-refractivity contribution in [1.82, 2.24) is 14.9 Å². The fourth-order valence-electron chi connectivity index (χ4n) is 3.43. The molecule has 4 nitrogen and oxygen atoms in total. The van der Waals surface area contributed by atoms with Gasteiger partial charge in [-0.2, -0.15) is 0 Å². The molecule has 0 spiro atoms. The standard InChI is InChI=1S/C20H24N4/c1-2-7-17(8-3-1)11-14-23-12-6-13-24(16-15-23)20-21-18-9-4-5-10-19(18)22-20/h1-5,7-10H,6,11-16H2,(H,21,22). The van der Waals surface area contributed by atoms with E-state index in [2.05, 4.69) is 63.3 Å². The second-order valence-corrected chi connectivity index (χ2v) is 6.50. The molecule has 24 heavy (non-hydrogen) atoms. The van der Waals surface area contributed by atoms with Crippen molar-refractivity contribution in [2.24, 2.45) is 0 Å². The van der Waals surface area contributed by atoms with E-state index in [-0.39, 0.29) is 0 Å². The van der Waals surface area contributed by atoms with E-state index in [1.54, 1.807) is 0 Å². The molecule has 4 heteroatoms. The molecule has 0 unspecified atom stereocenters. The minimum Gasteiger partial charge on any atom is -0.341 e. The van der Waals surface area contributed by atoms with Crippen molar-refractivity contribution in [3.63, 3.8) is 0 Å². The summed E-state index contributed by atoms with van der Waals surface area (Å²) in [5.74, 6) is 1.01. The maximum absolute atomic E-state index is 4.75. The minimum atomic E-state index is 1.01. The molecule has 1 aliphatic heterocycles. The number of hydrogen-bond donors (Lipinski definition) is 1. The summed E-state index contributed by atoms with van der Waals surface area (Å²) in [5.41, 5.74) is 3.60. The Kier molecular flexibility index (Phi) is 4.47. The second kappa shape index (κ2) is 7.05. The number of fused-ring (bicyclic) bond motifs is 1. The molecule has 0 atom stereocenters. The molecule has 124 valence electrons. The van der Waals surface area contributed by atoms with Gasteiger partial charge in [-0.25, -0.2) is 4.98 Å². The van der Waals surface area contributed by atoms with Crippen LogP contribution in [0.25, 0.3) is 11.0 Å². The molecule has 1 saturated heterocycles. The average Bonchev–Trinajstić information content (AvgIpc) is 2.92. The van der Waals surface area contributed by atoms with Crippen LogP contribution in [0, 0.1) is 0 Å². The Morgan fingerprint density at radius 2 is 1.71 bits per heavy atom. The molecule has 1 aliphatic rings. The maximum Gasteiger partial charge on any atom is 0.203 e. The van der Waals surface area contributed by atoms with E-state index in [1.807, 2.05) is 6.07 Å². The molecule has 1 fully saturated rings. The molecule has 2 heterocycles. The predicted molar refractivity (Wildman–Crippen MR) is 99.5 cm³/mol. The molecule has 0 saturated carbocycles. The Bertz CT molecular complexity index is 747. The summed E-state index contributed by atoms with van der Waals surface area (Å²) in [6.07, 6.45) is 2.32. The Morgan fingerprint density at radius 3 is 2.58 bits per heavy atom. The fraction of sp³-hybridized carbons (Fsp3) is 0.350. The van der Waals surface area contributed by atoms with Crippen LogP contribution in [0.3, 0.4) is 0 Å². The lowest BCUT2D eigenvalue weighted by atomic mass is 10.1. The molecular weight excluding hydrogens is 296 g/mol. The predicted octanol–water partition coefficient (Wildman–Crippen LogP) is 3.32. The van der Waals surface area contributed by atoms with Crippen LogP contribution in [0.15, 0.2) is 54.6 Å². The second-order valence-electron chi connectivity index (χ2n) is 6.50. The monoisotopic (exact) mass is 320 g/mol. The summed E-state index contributed by atoms with van der Waals surface area (Å²) in [6.45, 7) is 5.52. The number of aromatic nitrogens is 2. The van der Waals surface area contributed by atoms with E-state index in [0.717, 1.165) is 49.6 Å². The van der Waals surface area contributed by atoms with Crippen molar-refractivity contribution in [3.8, 4) is 0 Å². The summed E-state index contributed by atoms with van der Waals surface area (Å²) in [6, 6.07) is 19.0. The molecule has 1 N–H and O–H groups in total. The van der Waals surface area contributed by atoms with Gasteiger partial charge in [0.1, 0.15) is 0 Å². The van der Waals surface area contributed by atoms with Crippen LogP contribution in [0.4, 0.5) is 5.95 Å². The number of nitrogens with zero attached hydrogens (tertiary/aromatic N) is 3. The van der Waals surface area contributed by atoms with Gasteiger partial charge in [0.25, 0.3) is 0 Å². The van der Waals surface area contributed by atoms with Crippen molar-refractivity contribution in [2.45, 2.75) is 12.8 Å². The number of rotatable bonds is 4. The summed E-state index contributed by atoms with van der Waals surface area (Å²) in [4.78, 5) is 13.2. The molecule has 1 aromatic heterocycles. The zero-order chi connectivity index (χ0) is 16.2. The molecule has 3 aromatic rings. The van der Waals surface area contributed by atoms with Crippen LogP contribution in [0.5, 0.6) is 0 Å². The first-order valence-electron chi connectivity index (χ1n) is 8.84. The first kappa shape index (κ1) is 15.2. The summed E-state index contributed by atoms with van der Waals surface area (Å²) < 4.78 is 0. The molecule has 2 aromatic carbocycles. The molecule has 0 aliphatic carbocycles. The largest absolute Gasteiger partial charge is 0.341 e. The Labute approximate surface area is 143 Å². The van der Waals surface area contributed by atoms with E-state index in [4.69, 9.17) is 4.98 Å². The number of para-hydroxylation sites is 2. The van der Waals surface area contributed by atoms with Crippen LogP contribution in [0.2, 0.25) is 0 Å². The molecular formula is C20H24N4. The molecule has 4 rings (SSSR count). The SMILES string of the molecule is c1ccc(CCN2CCCN(c3nc4ccccc4[nH]3)CC2)cc1. The van der Waals surface area contributed by atoms with Crippen molar-refractivity contribution >= 4 is 17.0 Å². The van der Waals surface area contributed by atoms with Gasteiger partial charge >= 0.3 is 0 Å². The van der Waals surface area contributed by atoms with Gasteiger partial charge in [-0.1, -0.05) is 42.5 Å². The van der Waals surface area contributed by atoms with Gasteiger partial charge in [0.15, 0.2) is 0 Å². The van der Waals surface area contributed by atoms with Crippen LogP contribution >= 0.6 is 0 Å². The number of H-pyrrole nitrogens is 1. The van der Waals surface area contributed by atoms with Gasteiger partial charge in [0, 0.05) is 26.2 Å². The van der Waals surface area contributed by atoms with Crippen molar-refractivity contribution < 1.29 is 0 Å². The lowest BCUT2D eigenvalue weighted by Crippen LogP contribution is -2.32. The highest BCUT2D eigenvalue weighted by molar-refractivity contribution is 5.77. The first-order valence-corrected chi connectivity index (χ1v) is 8.84. The smallest absolute Gasteiger partial charge is 0.203 e. The van der Waals surface area contributed by atoms with Gasteiger partial charge in [-0.05, 0) is 37.1 Å². The highest BCUT2D eigenvalue weighted by atomic mass is 15.3. The van der Waals surface area contributed by atoms with Gasteiger partial charge in [0.05, 0.1) is 11.0 Å². The van der Waals surface area contributed by atoms with Gasteiger partial charge in [-0.15, -0.1) is 0 Å². The quantitative estimate of drug-likeness (QED) is 0.801. The van der Waals surface area contributed by atoms with Crippen LogP contribution in [-0.4, -0.2) is 47.6 Å². The normalized spacial score (nSPS) is 16.4. The minimum absolute atomic E-state index is 1.01. The van der Waals surface area contributed by atoms with Gasteiger partial charge in [0.2, 0.25) is 5.95 Å². The number of hydrogen-bond acceptors (Lipinski definition) is 3. The van der Waals surface area contributed by atoms with Crippen LogP contribution in [-0.2, 0) is 6.42 Å². The Morgan fingerprint density at radius 1 is 0.875 bits per heavy atom. The number of anilines is 1. The van der Waals surface area contributed by atoms with E-state index < -0.39 is 0 Å². The molecule has 0 radical (unpaired) electrons. The van der Waals surface area contributed by atoms with E-state index >= 15 is 0 Å². The highest BCUT2D eigenvalue weighted by Gasteiger charge is 2.17. The Hall–Kier alpha value is -2.33. The van der Waals surface area contributed by atoms with E-state index in [1.165, 1.54) is 18.5 Å². The maximum atomic E-state index is 4.75. The highest BCUT2D eigenvalue weighted by Crippen LogP contribution is 2.18. The third kappa shape index (κ3) is 3.44. The first-order chi connectivity index (χ1) is 11.9. The number of aromatic amines is 1. The third-order valence-electron chi connectivity index (χ3n) is 4.82.